The number of allylic oxidation sites excluding steroid dienone is 2. The predicted molar refractivity (Wildman–Crippen MR) is 112 cm³/mol. The average Bonchev–Trinajstić information content (AvgIpc) is 2.64. The van der Waals surface area contributed by atoms with E-state index in [-0.39, 0.29) is 17.1 Å². The van der Waals surface area contributed by atoms with Crippen molar-refractivity contribution in [3.63, 3.8) is 0 Å². The molecular weight excluding hydrogens is 418 g/mol. The summed E-state index contributed by atoms with van der Waals surface area (Å²) in [5, 5.41) is 3.56. The van der Waals surface area contributed by atoms with Crippen molar-refractivity contribution in [3.05, 3.63) is 63.3 Å². The van der Waals surface area contributed by atoms with Crippen LogP contribution in [0.4, 0.5) is 5.69 Å². The molecule has 1 aliphatic carbocycles. The molecule has 0 radical (unpaired) electrons. The van der Waals surface area contributed by atoms with E-state index in [1.807, 2.05) is 24.3 Å². The number of carbonyl (C=O) groups excluding carboxylic acids is 1. The smallest absolute Gasteiger partial charge is 0.163 e. The van der Waals surface area contributed by atoms with Gasteiger partial charge in [-0.2, -0.15) is 0 Å². The van der Waals surface area contributed by atoms with Gasteiger partial charge in [-0.15, -0.1) is 0 Å². The minimum absolute atomic E-state index is 0.0431. The Labute approximate surface area is 173 Å². The number of hydrogen-bond acceptors (Lipinski definition) is 4. The molecule has 144 valence electrons. The number of Topliss-reactive ketones (excluding diaryl/α,β-unsaturated/α-hetero) is 1. The molecule has 0 bridgehead atoms. The Bertz CT molecular complexity index is 1010. The van der Waals surface area contributed by atoms with E-state index in [0.29, 0.717) is 19.6 Å². The van der Waals surface area contributed by atoms with Crippen molar-refractivity contribution in [3.8, 4) is 11.5 Å². The summed E-state index contributed by atoms with van der Waals surface area (Å²) in [4.78, 5) is 13.2. The fourth-order valence-corrected chi connectivity index (χ4v) is 4.82. The first kappa shape index (κ1) is 17.8. The highest BCUT2D eigenvalue weighted by Crippen LogP contribution is 2.51. The van der Waals surface area contributed by atoms with Crippen LogP contribution in [-0.4, -0.2) is 19.0 Å². The summed E-state index contributed by atoms with van der Waals surface area (Å²) in [7, 11) is 0. The van der Waals surface area contributed by atoms with Gasteiger partial charge in [-0.25, -0.2) is 0 Å². The van der Waals surface area contributed by atoms with E-state index < -0.39 is 0 Å². The Morgan fingerprint density at radius 1 is 1.04 bits per heavy atom. The molecule has 1 atom stereocenters. The second kappa shape index (κ2) is 6.38. The van der Waals surface area contributed by atoms with Crippen molar-refractivity contribution in [1.29, 1.82) is 0 Å². The van der Waals surface area contributed by atoms with Gasteiger partial charge in [0.15, 0.2) is 17.3 Å². The number of ketones is 1. The highest BCUT2D eigenvalue weighted by Gasteiger charge is 2.41. The Morgan fingerprint density at radius 2 is 1.71 bits per heavy atom. The second-order valence-electron chi connectivity index (χ2n) is 8.53. The van der Waals surface area contributed by atoms with Gasteiger partial charge in [0.1, 0.15) is 13.2 Å². The van der Waals surface area contributed by atoms with Crippen molar-refractivity contribution in [2.75, 3.05) is 18.5 Å². The lowest BCUT2D eigenvalue weighted by Gasteiger charge is -2.40. The summed E-state index contributed by atoms with van der Waals surface area (Å²) in [6.07, 6.45) is 1.43. The van der Waals surface area contributed by atoms with Crippen LogP contribution in [0.2, 0.25) is 0 Å². The second-order valence-corrected chi connectivity index (χ2v) is 9.44. The molecule has 28 heavy (non-hydrogen) atoms. The quantitative estimate of drug-likeness (QED) is 0.643. The van der Waals surface area contributed by atoms with Crippen LogP contribution in [0.15, 0.2) is 52.1 Å². The first-order valence-corrected chi connectivity index (χ1v) is 10.4. The fraction of sp³-hybridized carbons (Fsp3) is 0.348. The van der Waals surface area contributed by atoms with Gasteiger partial charge in [-0.1, -0.05) is 41.9 Å². The zero-order chi connectivity index (χ0) is 19.5. The molecule has 0 aromatic heterocycles. The molecule has 2 aliphatic heterocycles. The first-order valence-electron chi connectivity index (χ1n) is 9.64. The molecule has 0 saturated carbocycles. The number of carbonyl (C=O) groups is 1. The number of anilines is 1. The van der Waals surface area contributed by atoms with Crippen molar-refractivity contribution in [2.45, 2.75) is 32.6 Å². The van der Waals surface area contributed by atoms with Gasteiger partial charge < -0.3 is 14.8 Å². The lowest BCUT2D eigenvalue weighted by Crippen LogP contribution is -2.34. The third-order valence-corrected chi connectivity index (χ3v) is 6.25. The fourth-order valence-electron chi connectivity index (χ4n) is 4.55. The van der Waals surface area contributed by atoms with E-state index in [1.54, 1.807) is 0 Å². The van der Waals surface area contributed by atoms with Gasteiger partial charge in [0.25, 0.3) is 0 Å². The van der Waals surface area contributed by atoms with E-state index in [4.69, 9.17) is 9.47 Å². The number of fused-ring (bicyclic) bond motifs is 2. The molecule has 2 aromatic carbocycles. The molecule has 5 rings (SSSR count). The largest absolute Gasteiger partial charge is 0.486 e. The summed E-state index contributed by atoms with van der Waals surface area (Å²) >= 11 is 3.52. The van der Waals surface area contributed by atoms with Crippen LogP contribution in [-0.2, 0) is 4.79 Å². The minimum atomic E-state index is -0.0984. The number of rotatable bonds is 1. The monoisotopic (exact) mass is 439 g/mol. The van der Waals surface area contributed by atoms with E-state index >= 15 is 0 Å². The lowest BCUT2D eigenvalue weighted by molar-refractivity contribution is -0.118. The Kier molecular flexibility index (Phi) is 4.05. The highest BCUT2D eigenvalue weighted by molar-refractivity contribution is 9.10. The van der Waals surface area contributed by atoms with Gasteiger partial charge in [0.05, 0.1) is 0 Å². The van der Waals surface area contributed by atoms with Crippen LogP contribution in [0.25, 0.3) is 0 Å². The minimum Gasteiger partial charge on any atom is -0.486 e. The summed E-state index contributed by atoms with van der Waals surface area (Å²) in [5.41, 5.74) is 5.07. The number of nitrogens with one attached hydrogen (secondary N) is 1. The number of halogens is 1. The van der Waals surface area contributed by atoms with Crippen LogP contribution in [0.1, 0.15) is 43.7 Å². The summed E-state index contributed by atoms with van der Waals surface area (Å²) in [6.45, 7) is 5.42. The van der Waals surface area contributed by atoms with Crippen molar-refractivity contribution in [1.82, 2.24) is 0 Å². The Morgan fingerprint density at radius 3 is 2.43 bits per heavy atom. The molecule has 0 spiro atoms. The van der Waals surface area contributed by atoms with Crippen LogP contribution < -0.4 is 14.8 Å². The normalized spacial score (nSPS) is 22.2. The third kappa shape index (κ3) is 2.93. The molecule has 2 heterocycles. The third-order valence-electron chi connectivity index (χ3n) is 5.72. The van der Waals surface area contributed by atoms with Crippen LogP contribution in [0, 0.1) is 5.41 Å². The molecule has 0 unspecified atom stereocenters. The molecule has 1 N–H and O–H groups in total. The van der Waals surface area contributed by atoms with Gasteiger partial charge >= 0.3 is 0 Å². The van der Waals surface area contributed by atoms with Gasteiger partial charge in [0.2, 0.25) is 0 Å². The number of ether oxygens (including phenoxy) is 2. The van der Waals surface area contributed by atoms with E-state index in [2.05, 4.69) is 47.2 Å². The maximum atomic E-state index is 13.2. The maximum Gasteiger partial charge on any atom is 0.163 e. The van der Waals surface area contributed by atoms with E-state index in [0.717, 1.165) is 50.5 Å². The molecule has 0 fully saturated rings. The summed E-state index contributed by atoms with van der Waals surface area (Å²) in [6, 6.07) is 12.3. The Hall–Kier alpha value is -2.27. The average molecular weight is 440 g/mol. The van der Waals surface area contributed by atoms with Gasteiger partial charge in [-0.3, -0.25) is 4.79 Å². The Balaban J connectivity index is 1.72. The molecule has 2 aromatic rings. The zero-order valence-electron chi connectivity index (χ0n) is 16.0. The standard InChI is InChI=1S/C23H22BrNO3/c1-23(2)11-17-22(18(26)12-23)21(13-3-5-14(24)6-4-13)15-9-19-20(10-16(15)25-17)28-8-7-27-19/h3-6,9-10,21,25H,7-8,11-12H2,1-2H3/t21-/m0/s1. The molecule has 3 aliphatic rings. The molecule has 5 heteroatoms. The summed E-state index contributed by atoms with van der Waals surface area (Å²) < 4.78 is 12.6. The van der Waals surface area contributed by atoms with Gasteiger partial charge in [-0.05, 0) is 41.2 Å². The van der Waals surface area contributed by atoms with Crippen molar-refractivity contribution >= 4 is 27.4 Å². The topological polar surface area (TPSA) is 47.6 Å². The lowest BCUT2D eigenvalue weighted by atomic mass is 9.68. The van der Waals surface area contributed by atoms with Gasteiger partial charge in [0, 0.05) is 39.8 Å². The molecular formula is C23H22BrNO3. The molecule has 0 amide bonds. The number of benzene rings is 2. The molecule has 0 saturated heterocycles. The predicted octanol–water partition coefficient (Wildman–Crippen LogP) is 5.42. The SMILES string of the molecule is CC1(C)CC(=O)C2=C(C1)Nc1cc3c(cc1[C@@H]2c1ccc(Br)cc1)OCCO3. The zero-order valence-corrected chi connectivity index (χ0v) is 17.6. The van der Waals surface area contributed by atoms with Crippen LogP contribution in [0.5, 0.6) is 11.5 Å². The molecule has 4 nitrogen and oxygen atoms in total. The van der Waals surface area contributed by atoms with Crippen LogP contribution in [0.3, 0.4) is 0 Å². The first-order chi connectivity index (χ1) is 13.4. The summed E-state index contributed by atoms with van der Waals surface area (Å²) in [5.74, 6) is 1.64. The van der Waals surface area contributed by atoms with E-state index in [1.165, 1.54) is 0 Å². The number of hydrogen-bond donors (Lipinski definition) is 1. The van der Waals surface area contributed by atoms with Crippen LogP contribution >= 0.6 is 15.9 Å². The maximum absolute atomic E-state index is 13.2. The van der Waals surface area contributed by atoms with Crippen molar-refractivity contribution < 1.29 is 14.3 Å². The highest BCUT2D eigenvalue weighted by atomic mass is 79.9. The van der Waals surface area contributed by atoms with Crippen molar-refractivity contribution in [2.24, 2.45) is 5.41 Å². The van der Waals surface area contributed by atoms with E-state index in [9.17, 15) is 4.79 Å².